The summed E-state index contributed by atoms with van der Waals surface area (Å²) in [6, 6.07) is 2.88. The quantitative estimate of drug-likeness (QED) is 0.312. The monoisotopic (exact) mass is 253 g/mol. The topological polar surface area (TPSA) is 70.6 Å². The first-order chi connectivity index (χ1) is 6.54. The fourth-order valence-electron chi connectivity index (χ4n) is 0.753. The van der Waals surface area contributed by atoms with E-state index in [2.05, 4.69) is 4.99 Å². The van der Waals surface area contributed by atoms with Crippen LogP contribution in [0.1, 0.15) is 0 Å². The first-order valence-electron chi connectivity index (χ1n) is 3.43. The molecule has 0 fully saturated rings. The third-order valence-electron chi connectivity index (χ3n) is 1.35. The normalized spacial score (nSPS) is 11.6. The molecule has 1 rings (SSSR count). The van der Waals surface area contributed by atoms with E-state index in [0.717, 1.165) is 0 Å². The third-order valence-corrected chi connectivity index (χ3v) is 2.37. The highest BCUT2D eigenvalue weighted by molar-refractivity contribution is 6.43. The summed E-state index contributed by atoms with van der Waals surface area (Å²) in [5.74, 6) is -0.190. The lowest BCUT2D eigenvalue weighted by Gasteiger charge is -2.02. The summed E-state index contributed by atoms with van der Waals surface area (Å²) in [6.07, 6.45) is 0. The van der Waals surface area contributed by atoms with E-state index in [1.54, 1.807) is 5.48 Å². The first kappa shape index (κ1) is 11.4. The van der Waals surface area contributed by atoms with Gasteiger partial charge in [0.2, 0.25) is 5.96 Å². The lowest BCUT2D eigenvalue weighted by Crippen LogP contribution is -2.27. The zero-order chi connectivity index (χ0) is 10.7. The Morgan fingerprint density at radius 3 is 2.36 bits per heavy atom. The zero-order valence-electron chi connectivity index (χ0n) is 6.76. The summed E-state index contributed by atoms with van der Waals surface area (Å²) in [5.41, 5.74) is 7.20. The number of hydroxylamine groups is 1. The van der Waals surface area contributed by atoms with Crippen molar-refractivity contribution < 1.29 is 5.21 Å². The highest BCUT2D eigenvalue weighted by Crippen LogP contribution is 2.33. The van der Waals surface area contributed by atoms with Crippen LogP contribution in [0.15, 0.2) is 17.1 Å². The molecular weight excluding hydrogens is 248 g/mol. The standard InChI is InChI=1S/C7H6Cl3N3O/c8-3-1-5(10)6(2-4(3)9)12-7(11)13-14/h1-2,14H,(H3,11,12,13). The molecule has 7 heteroatoms. The van der Waals surface area contributed by atoms with Gasteiger partial charge in [0.25, 0.3) is 0 Å². The number of hydrogen-bond donors (Lipinski definition) is 3. The zero-order valence-corrected chi connectivity index (χ0v) is 9.03. The van der Waals surface area contributed by atoms with Crippen molar-refractivity contribution in [1.82, 2.24) is 5.48 Å². The minimum Gasteiger partial charge on any atom is -0.368 e. The number of nitrogens with two attached hydrogens (primary N) is 1. The van der Waals surface area contributed by atoms with Crippen molar-refractivity contribution in [3.63, 3.8) is 0 Å². The maximum Gasteiger partial charge on any atom is 0.218 e. The molecule has 76 valence electrons. The lowest BCUT2D eigenvalue weighted by atomic mass is 10.3. The van der Waals surface area contributed by atoms with E-state index in [-0.39, 0.29) is 11.0 Å². The molecule has 4 nitrogen and oxygen atoms in total. The van der Waals surface area contributed by atoms with Gasteiger partial charge >= 0.3 is 0 Å². The number of hydrogen-bond acceptors (Lipinski definition) is 2. The summed E-state index contributed by atoms with van der Waals surface area (Å²) in [5, 5.41) is 9.32. The minimum atomic E-state index is -0.190. The van der Waals surface area contributed by atoms with Gasteiger partial charge in [0, 0.05) is 0 Å². The Kier molecular flexibility index (Phi) is 3.83. The number of rotatable bonds is 1. The molecule has 0 aromatic heterocycles. The summed E-state index contributed by atoms with van der Waals surface area (Å²) in [6.45, 7) is 0. The minimum absolute atomic E-state index is 0.190. The van der Waals surface area contributed by atoms with Gasteiger partial charge in [0.05, 0.1) is 20.8 Å². The van der Waals surface area contributed by atoms with Crippen molar-refractivity contribution in [3.05, 3.63) is 27.2 Å². The van der Waals surface area contributed by atoms with Crippen LogP contribution in [-0.4, -0.2) is 11.2 Å². The summed E-state index contributed by atoms with van der Waals surface area (Å²) in [4.78, 5) is 3.74. The van der Waals surface area contributed by atoms with Gasteiger partial charge in [-0.1, -0.05) is 34.8 Å². The summed E-state index contributed by atoms with van der Waals surface area (Å²) >= 11 is 17.2. The molecule has 0 amide bonds. The Labute approximate surface area is 95.2 Å². The second kappa shape index (κ2) is 4.70. The SMILES string of the molecule is NC(=Nc1cc(Cl)c(Cl)cc1Cl)NO. The molecule has 0 atom stereocenters. The fraction of sp³-hybridized carbons (Fsp3) is 0. The van der Waals surface area contributed by atoms with E-state index >= 15 is 0 Å². The Morgan fingerprint density at radius 2 is 1.79 bits per heavy atom. The van der Waals surface area contributed by atoms with Crippen LogP contribution >= 0.6 is 34.8 Å². The van der Waals surface area contributed by atoms with Crippen molar-refractivity contribution in [2.75, 3.05) is 0 Å². The van der Waals surface area contributed by atoms with Gasteiger partial charge in [-0.3, -0.25) is 5.21 Å². The maximum atomic E-state index is 8.40. The Hall–Kier alpha value is -0.680. The molecule has 0 radical (unpaired) electrons. The second-order valence-corrected chi connectivity index (χ2v) is 3.55. The Balaban J connectivity index is 3.16. The smallest absolute Gasteiger partial charge is 0.218 e. The van der Waals surface area contributed by atoms with Crippen LogP contribution in [0.2, 0.25) is 15.1 Å². The van der Waals surface area contributed by atoms with Gasteiger partial charge in [-0.25, -0.2) is 10.5 Å². The van der Waals surface area contributed by atoms with E-state index < -0.39 is 0 Å². The third kappa shape index (κ3) is 2.65. The van der Waals surface area contributed by atoms with E-state index in [1.165, 1.54) is 12.1 Å². The van der Waals surface area contributed by atoms with Gasteiger partial charge in [0.15, 0.2) is 0 Å². The van der Waals surface area contributed by atoms with Crippen LogP contribution in [0.5, 0.6) is 0 Å². The van der Waals surface area contributed by atoms with Gasteiger partial charge < -0.3 is 5.73 Å². The summed E-state index contributed by atoms with van der Waals surface area (Å²) < 4.78 is 0. The van der Waals surface area contributed by atoms with Crippen LogP contribution in [0.25, 0.3) is 0 Å². The molecule has 0 bridgehead atoms. The van der Waals surface area contributed by atoms with Crippen LogP contribution in [0, 0.1) is 0 Å². The molecule has 14 heavy (non-hydrogen) atoms. The van der Waals surface area contributed by atoms with Crippen molar-refractivity contribution in [2.45, 2.75) is 0 Å². The molecule has 0 unspecified atom stereocenters. The first-order valence-corrected chi connectivity index (χ1v) is 4.57. The largest absolute Gasteiger partial charge is 0.368 e. The average Bonchev–Trinajstić information content (AvgIpc) is 2.14. The van der Waals surface area contributed by atoms with Crippen LogP contribution in [0.3, 0.4) is 0 Å². The van der Waals surface area contributed by atoms with Crippen molar-refractivity contribution in [1.29, 1.82) is 0 Å². The van der Waals surface area contributed by atoms with Crippen LogP contribution in [0.4, 0.5) is 5.69 Å². The van der Waals surface area contributed by atoms with Crippen LogP contribution in [-0.2, 0) is 0 Å². The number of aliphatic imine (C=N–C) groups is 1. The number of nitrogens with zero attached hydrogens (tertiary/aromatic N) is 1. The van der Waals surface area contributed by atoms with Crippen molar-refractivity contribution in [3.8, 4) is 0 Å². The lowest BCUT2D eigenvalue weighted by molar-refractivity contribution is 0.233. The highest BCUT2D eigenvalue weighted by Gasteiger charge is 2.05. The van der Waals surface area contributed by atoms with E-state index in [0.29, 0.717) is 15.7 Å². The Bertz CT molecular complexity index is 381. The number of guanidine groups is 1. The predicted molar refractivity (Wildman–Crippen MR) is 57.7 cm³/mol. The highest BCUT2D eigenvalue weighted by atomic mass is 35.5. The molecule has 0 spiro atoms. The molecule has 0 saturated carbocycles. The molecule has 0 heterocycles. The maximum absolute atomic E-state index is 8.40. The molecular formula is C7H6Cl3N3O. The fourth-order valence-corrected chi connectivity index (χ4v) is 1.34. The van der Waals surface area contributed by atoms with Gasteiger partial charge in [-0.05, 0) is 12.1 Å². The van der Waals surface area contributed by atoms with E-state index in [9.17, 15) is 0 Å². The molecule has 1 aromatic carbocycles. The van der Waals surface area contributed by atoms with Crippen molar-refractivity contribution >= 4 is 46.4 Å². The molecule has 0 aliphatic rings. The molecule has 4 N–H and O–H groups in total. The predicted octanol–water partition coefficient (Wildman–Crippen LogP) is 2.57. The number of benzene rings is 1. The molecule has 0 saturated heterocycles. The van der Waals surface area contributed by atoms with Crippen LogP contribution < -0.4 is 11.2 Å². The van der Waals surface area contributed by atoms with E-state index in [1.807, 2.05) is 0 Å². The molecule has 1 aromatic rings. The number of nitrogens with one attached hydrogen (secondary N) is 1. The Morgan fingerprint density at radius 1 is 1.21 bits per heavy atom. The summed E-state index contributed by atoms with van der Waals surface area (Å²) in [7, 11) is 0. The molecule has 0 aliphatic heterocycles. The van der Waals surface area contributed by atoms with E-state index in [4.69, 9.17) is 45.7 Å². The van der Waals surface area contributed by atoms with Gasteiger partial charge in [-0.15, -0.1) is 0 Å². The van der Waals surface area contributed by atoms with Crippen molar-refractivity contribution in [2.24, 2.45) is 10.7 Å². The molecule has 0 aliphatic carbocycles. The van der Waals surface area contributed by atoms with Gasteiger partial charge in [-0.2, -0.15) is 0 Å². The van der Waals surface area contributed by atoms with Gasteiger partial charge in [0.1, 0.15) is 0 Å². The number of halogens is 3. The average molecular weight is 255 g/mol. The second-order valence-electron chi connectivity index (χ2n) is 2.33.